The van der Waals surface area contributed by atoms with E-state index >= 15 is 0 Å². The van der Waals surface area contributed by atoms with Crippen LogP contribution >= 0.6 is 15.9 Å². The van der Waals surface area contributed by atoms with E-state index in [9.17, 15) is 14.9 Å². The molecule has 0 fully saturated rings. The standard InChI is InChI=1S/C10H8BrN3O4/c1-6-12-4-8(11)10(15)13(6)5-7-2-3-9(18-7)14(16)17/h2-4H,5H2,1H3. The molecule has 0 unspecified atom stereocenters. The molecule has 0 saturated carbocycles. The average Bonchev–Trinajstić information content (AvgIpc) is 2.78. The molecular weight excluding hydrogens is 306 g/mol. The third-order valence-corrected chi connectivity index (χ3v) is 2.89. The van der Waals surface area contributed by atoms with E-state index in [0.717, 1.165) is 0 Å². The lowest BCUT2D eigenvalue weighted by Gasteiger charge is -2.06. The molecule has 7 nitrogen and oxygen atoms in total. The first-order chi connectivity index (χ1) is 8.49. The summed E-state index contributed by atoms with van der Waals surface area (Å²) in [6.45, 7) is 1.77. The van der Waals surface area contributed by atoms with E-state index in [-0.39, 0.29) is 18.0 Å². The Hall–Kier alpha value is -1.96. The van der Waals surface area contributed by atoms with Gasteiger partial charge < -0.3 is 4.42 Å². The molecule has 0 aromatic carbocycles. The zero-order valence-corrected chi connectivity index (χ0v) is 10.9. The van der Waals surface area contributed by atoms with E-state index in [0.29, 0.717) is 16.1 Å². The number of nitrogens with zero attached hydrogens (tertiary/aromatic N) is 3. The van der Waals surface area contributed by atoms with Crippen LogP contribution in [0.15, 0.2) is 32.0 Å². The summed E-state index contributed by atoms with van der Waals surface area (Å²) in [4.78, 5) is 25.7. The molecule has 2 aromatic rings. The second kappa shape index (κ2) is 4.73. The Bertz CT molecular complexity index is 661. The van der Waals surface area contributed by atoms with Crippen LogP contribution in [0.1, 0.15) is 11.6 Å². The van der Waals surface area contributed by atoms with Crippen molar-refractivity contribution in [1.82, 2.24) is 9.55 Å². The topological polar surface area (TPSA) is 91.2 Å². The average molecular weight is 314 g/mol. The third kappa shape index (κ3) is 2.33. The Morgan fingerprint density at radius 1 is 1.56 bits per heavy atom. The van der Waals surface area contributed by atoms with Gasteiger partial charge in [-0.1, -0.05) is 0 Å². The zero-order chi connectivity index (χ0) is 13.3. The number of nitro groups is 1. The number of halogens is 1. The highest BCUT2D eigenvalue weighted by Gasteiger charge is 2.14. The van der Waals surface area contributed by atoms with Crippen LogP contribution in [0.25, 0.3) is 0 Å². The summed E-state index contributed by atoms with van der Waals surface area (Å²) in [7, 11) is 0. The maximum absolute atomic E-state index is 11.8. The van der Waals surface area contributed by atoms with E-state index in [1.165, 1.54) is 22.9 Å². The van der Waals surface area contributed by atoms with Gasteiger partial charge in [0, 0.05) is 6.20 Å². The van der Waals surface area contributed by atoms with Crippen molar-refractivity contribution in [3.63, 3.8) is 0 Å². The molecule has 94 valence electrons. The summed E-state index contributed by atoms with van der Waals surface area (Å²) in [6, 6.07) is 2.71. The van der Waals surface area contributed by atoms with Gasteiger partial charge in [0.15, 0.2) is 0 Å². The maximum atomic E-state index is 11.8. The summed E-state index contributed by atoms with van der Waals surface area (Å²) in [6.07, 6.45) is 1.42. The Labute approximate surface area is 109 Å². The predicted octanol–water partition coefficient (Wildman–Crippen LogP) is 1.86. The van der Waals surface area contributed by atoms with Crippen LogP contribution in [0.3, 0.4) is 0 Å². The van der Waals surface area contributed by atoms with Crippen molar-refractivity contribution in [1.29, 1.82) is 0 Å². The van der Waals surface area contributed by atoms with Crippen molar-refractivity contribution in [2.75, 3.05) is 0 Å². The van der Waals surface area contributed by atoms with Gasteiger partial charge in [-0.05, 0) is 28.9 Å². The number of rotatable bonds is 3. The smallest absolute Gasteiger partial charge is 0.404 e. The monoisotopic (exact) mass is 313 g/mol. The van der Waals surface area contributed by atoms with Gasteiger partial charge in [0.2, 0.25) is 0 Å². The molecule has 0 aliphatic rings. The molecule has 0 amide bonds. The molecule has 0 spiro atoms. The highest BCUT2D eigenvalue weighted by molar-refractivity contribution is 9.10. The number of aryl methyl sites for hydroxylation is 1. The fourth-order valence-electron chi connectivity index (χ4n) is 1.44. The number of furan rings is 1. The lowest BCUT2D eigenvalue weighted by Crippen LogP contribution is -2.24. The molecule has 18 heavy (non-hydrogen) atoms. The van der Waals surface area contributed by atoms with Crippen molar-refractivity contribution >= 4 is 21.8 Å². The normalized spacial score (nSPS) is 10.6. The van der Waals surface area contributed by atoms with Gasteiger partial charge in [-0.25, -0.2) is 4.98 Å². The maximum Gasteiger partial charge on any atom is 0.433 e. The van der Waals surface area contributed by atoms with Gasteiger partial charge >= 0.3 is 5.88 Å². The van der Waals surface area contributed by atoms with Gasteiger partial charge in [-0.3, -0.25) is 19.5 Å². The first-order valence-electron chi connectivity index (χ1n) is 4.94. The van der Waals surface area contributed by atoms with Crippen molar-refractivity contribution in [2.24, 2.45) is 0 Å². The summed E-state index contributed by atoms with van der Waals surface area (Å²) < 4.78 is 6.69. The van der Waals surface area contributed by atoms with E-state index in [1.807, 2.05) is 0 Å². The molecule has 0 aliphatic carbocycles. The van der Waals surface area contributed by atoms with Crippen molar-refractivity contribution < 1.29 is 9.34 Å². The molecule has 2 heterocycles. The second-order valence-electron chi connectivity index (χ2n) is 3.54. The number of hydrogen-bond donors (Lipinski definition) is 0. The Morgan fingerprint density at radius 3 is 2.89 bits per heavy atom. The van der Waals surface area contributed by atoms with E-state index in [1.54, 1.807) is 6.92 Å². The minimum Gasteiger partial charge on any atom is -0.404 e. The van der Waals surface area contributed by atoms with Crippen molar-refractivity contribution in [3.05, 3.63) is 54.9 Å². The van der Waals surface area contributed by atoms with Gasteiger partial charge in [0.1, 0.15) is 21.0 Å². The molecule has 8 heteroatoms. The highest BCUT2D eigenvalue weighted by atomic mass is 79.9. The summed E-state index contributed by atoms with van der Waals surface area (Å²) in [5.41, 5.74) is -0.262. The van der Waals surface area contributed by atoms with E-state index < -0.39 is 4.92 Å². The highest BCUT2D eigenvalue weighted by Crippen LogP contribution is 2.16. The second-order valence-corrected chi connectivity index (χ2v) is 4.40. The van der Waals surface area contributed by atoms with Crippen molar-refractivity contribution in [3.8, 4) is 0 Å². The Kier molecular flexibility index (Phi) is 3.28. The molecular formula is C10H8BrN3O4. The molecule has 2 aromatic heterocycles. The van der Waals surface area contributed by atoms with Crippen LogP contribution in [-0.2, 0) is 6.54 Å². The van der Waals surface area contributed by atoms with E-state index in [2.05, 4.69) is 20.9 Å². The van der Waals surface area contributed by atoms with E-state index in [4.69, 9.17) is 4.42 Å². The summed E-state index contributed by atoms with van der Waals surface area (Å²) >= 11 is 3.09. The Balaban J connectivity index is 2.37. The quantitative estimate of drug-likeness (QED) is 0.637. The summed E-state index contributed by atoms with van der Waals surface area (Å²) in [5, 5.41) is 10.5. The number of aromatic nitrogens is 2. The van der Waals surface area contributed by atoms with Gasteiger partial charge in [0.05, 0.1) is 12.6 Å². The largest absolute Gasteiger partial charge is 0.433 e. The molecule has 0 saturated heterocycles. The third-order valence-electron chi connectivity index (χ3n) is 2.35. The van der Waals surface area contributed by atoms with Crippen LogP contribution in [0, 0.1) is 17.0 Å². The fraction of sp³-hybridized carbons (Fsp3) is 0.200. The first kappa shape index (κ1) is 12.5. The first-order valence-corrected chi connectivity index (χ1v) is 5.73. The van der Waals surface area contributed by atoms with Gasteiger partial charge in [-0.2, -0.15) is 0 Å². The van der Waals surface area contributed by atoms with Crippen LogP contribution < -0.4 is 5.56 Å². The summed E-state index contributed by atoms with van der Waals surface area (Å²) in [5.74, 6) is 0.479. The molecule has 0 N–H and O–H groups in total. The van der Waals surface area contributed by atoms with Gasteiger partial charge in [0.25, 0.3) is 5.56 Å². The van der Waals surface area contributed by atoms with Crippen LogP contribution in [0.5, 0.6) is 0 Å². The minimum absolute atomic E-state index is 0.102. The molecule has 2 rings (SSSR count). The van der Waals surface area contributed by atoms with Crippen LogP contribution in [0.4, 0.5) is 5.88 Å². The number of hydrogen-bond acceptors (Lipinski definition) is 5. The van der Waals surface area contributed by atoms with Crippen LogP contribution in [0.2, 0.25) is 0 Å². The molecule has 0 bridgehead atoms. The zero-order valence-electron chi connectivity index (χ0n) is 9.29. The molecule has 0 radical (unpaired) electrons. The fourth-order valence-corrected chi connectivity index (χ4v) is 1.76. The molecule has 0 aliphatic heterocycles. The van der Waals surface area contributed by atoms with Crippen molar-refractivity contribution in [2.45, 2.75) is 13.5 Å². The minimum atomic E-state index is -0.627. The SMILES string of the molecule is Cc1ncc(Br)c(=O)n1Cc1ccc([N+](=O)[O-])o1. The van der Waals surface area contributed by atoms with Crippen LogP contribution in [-0.4, -0.2) is 14.5 Å². The Morgan fingerprint density at radius 2 is 2.28 bits per heavy atom. The predicted molar refractivity (Wildman–Crippen MR) is 65.4 cm³/mol. The molecule has 0 atom stereocenters. The lowest BCUT2D eigenvalue weighted by atomic mass is 10.4. The lowest BCUT2D eigenvalue weighted by molar-refractivity contribution is -0.402. The van der Waals surface area contributed by atoms with Gasteiger partial charge in [-0.15, -0.1) is 0 Å².